The van der Waals surface area contributed by atoms with E-state index >= 15 is 0 Å². The van der Waals surface area contributed by atoms with Gasteiger partial charge in [-0.2, -0.15) is 0 Å². The van der Waals surface area contributed by atoms with Crippen molar-refractivity contribution in [2.45, 2.75) is 5.92 Å². The Morgan fingerprint density at radius 2 is 1.79 bits per heavy atom. The Kier molecular flexibility index (Phi) is 8.22. The van der Waals surface area contributed by atoms with Crippen LogP contribution in [-0.2, 0) is 4.79 Å². The van der Waals surface area contributed by atoms with Crippen LogP contribution in [0.2, 0.25) is 0 Å². The number of carbonyl (C=O) groups is 1. The third kappa shape index (κ3) is 5.51. The quantitative estimate of drug-likeness (QED) is 0.833. The third-order valence-corrected chi connectivity index (χ3v) is 3.62. The molecule has 0 spiro atoms. The zero-order chi connectivity index (χ0) is 16.7. The molecule has 1 atom stereocenters. The van der Waals surface area contributed by atoms with Crippen LogP contribution >= 0.6 is 12.4 Å². The Balaban J connectivity index is 0.00000288. The molecule has 2 aromatic rings. The lowest BCUT2D eigenvalue weighted by molar-refractivity contribution is -0.131. The smallest absolute Gasteiger partial charge is 0.231 e. The van der Waals surface area contributed by atoms with Gasteiger partial charge in [0.2, 0.25) is 5.91 Å². The van der Waals surface area contributed by atoms with Crippen molar-refractivity contribution in [1.29, 1.82) is 0 Å². The van der Waals surface area contributed by atoms with Crippen molar-refractivity contribution in [3.05, 3.63) is 66.0 Å². The van der Waals surface area contributed by atoms with Gasteiger partial charge >= 0.3 is 0 Å². The van der Waals surface area contributed by atoms with E-state index in [0.717, 1.165) is 5.56 Å². The maximum Gasteiger partial charge on any atom is 0.231 e. The number of hydrogen-bond donors (Lipinski definition) is 1. The fourth-order valence-corrected chi connectivity index (χ4v) is 2.27. The highest BCUT2D eigenvalue weighted by Crippen LogP contribution is 2.17. The molecule has 2 aromatic carbocycles. The van der Waals surface area contributed by atoms with Crippen LogP contribution in [-0.4, -0.2) is 37.6 Å². The molecule has 0 aliphatic rings. The van der Waals surface area contributed by atoms with Gasteiger partial charge in [0.25, 0.3) is 0 Å². The Morgan fingerprint density at radius 1 is 1.17 bits per heavy atom. The van der Waals surface area contributed by atoms with E-state index in [1.54, 1.807) is 24.1 Å². The molecule has 2 N–H and O–H groups in total. The molecule has 0 saturated carbocycles. The van der Waals surface area contributed by atoms with Crippen LogP contribution in [0.4, 0.5) is 4.39 Å². The molecule has 0 aliphatic carbocycles. The van der Waals surface area contributed by atoms with Crippen molar-refractivity contribution in [3.8, 4) is 5.75 Å². The number of amides is 1. The number of rotatable bonds is 7. The zero-order valence-corrected chi connectivity index (χ0v) is 14.3. The summed E-state index contributed by atoms with van der Waals surface area (Å²) in [5.41, 5.74) is 6.67. The maximum atomic E-state index is 12.8. The van der Waals surface area contributed by atoms with E-state index in [1.807, 2.05) is 30.3 Å². The minimum Gasteiger partial charge on any atom is -0.492 e. The number of benzene rings is 2. The second kappa shape index (κ2) is 9.90. The fraction of sp³-hybridized carbons (Fsp3) is 0.278. The molecule has 4 nitrogen and oxygen atoms in total. The molecule has 6 heteroatoms. The third-order valence-electron chi connectivity index (χ3n) is 3.62. The van der Waals surface area contributed by atoms with Gasteiger partial charge in [0.15, 0.2) is 0 Å². The summed E-state index contributed by atoms with van der Waals surface area (Å²) in [7, 11) is 1.72. The molecule has 1 unspecified atom stereocenters. The Morgan fingerprint density at radius 3 is 2.38 bits per heavy atom. The number of ether oxygens (including phenoxy) is 1. The van der Waals surface area contributed by atoms with Gasteiger partial charge in [0.1, 0.15) is 18.2 Å². The van der Waals surface area contributed by atoms with Crippen molar-refractivity contribution in [2.75, 3.05) is 26.7 Å². The summed E-state index contributed by atoms with van der Waals surface area (Å²) in [6.45, 7) is 1.02. The van der Waals surface area contributed by atoms with Crippen LogP contribution in [0.1, 0.15) is 11.5 Å². The van der Waals surface area contributed by atoms with E-state index in [-0.39, 0.29) is 36.6 Å². The molecule has 0 fully saturated rings. The van der Waals surface area contributed by atoms with Gasteiger partial charge in [-0.1, -0.05) is 30.3 Å². The number of nitrogens with two attached hydrogens (primary N) is 1. The Labute approximate surface area is 147 Å². The summed E-state index contributed by atoms with van der Waals surface area (Å²) in [4.78, 5) is 14.1. The van der Waals surface area contributed by atoms with Crippen LogP contribution in [0.5, 0.6) is 5.75 Å². The number of halogens is 2. The summed E-state index contributed by atoms with van der Waals surface area (Å²) < 4.78 is 18.3. The Hall–Kier alpha value is -2.11. The zero-order valence-electron chi connectivity index (χ0n) is 13.5. The second-order valence-corrected chi connectivity index (χ2v) is 5.26. The lowest BCUT2D eigenvalue weighted by Crippen LogP contribution is -2.37. The first-order valence-electron chi connectivity index (χ1n) is 7.50. The molecular weight excluding hydrogens is 331 g/mol. The number of nitrogens with zero attached hydrogens (tertiary/aromatic N) is 1. The topological polar surface area (TPSA) is 55.6 Å². The highest BCUT2D eigenvalue weighted by Gasteiger charge is 2.22. The van der Waals surface area contributed by atoms with Gasteiger partial charge in [-0.05, 0) is 29.8 Å². The van der Waals surface area contributed by atoms with E-state index in [2.05, 4.69) is 0 Å². The highest BCUT2D eigenvalue weighted by molar-refractivity contribution is 5.85. The lowest BCUT2D eigenvalue weighted by Gasteiger charge is -2.23. The van der Waals surface area contributed by atoms with Crippen LogP contribution in [0, 0.1) is 5.82 Å². The number of likely N-dealkylation sites (N-methyl/N-ethyl adjacent to an activating group) is 1. The average Bonchev–Trinajstić information content (AvgIpc) is 2.58. The standard InChI is InChI=1S/C18H21FN2O2.ClH/c1-21(11-12-23-16-9-7-15(19)8-10-16)18(22)17(13-20)14-5-3-2-4-6-14;/h2-10,17H,11-13,20H2,1H3;1H. The molecular formula is C18H22ClFN2O2. The van der Waals surface area contributed by atoms with E-state index in [0.29, 0.717) is 18.9 Å². The molecule has 2 rings (SSSR count). The molecule has 0 bridgehead atoms. The van der Waals surface area contributed by atoms with Crippen LogP contribution in [0.3, 0.4) is 0 Å². The molecule has 0 aromatic heterocycles. The number of hydrogen-bond acceptors (Lipinski definition) is 3. The van der Waals surface area contributed by atoms with E-state index in [9.17, 15) is 9.18 Å². The number of carbonyl (C=O) groups excluding carboxylic acids is 1. The van der Waals surface area contributed by atoms with Crippen molar-refractivity contribution in [2.24, 2.45) is 5.73 Å². The van der Waals surface area contributed by atoms with Gasteiger partial charge in [-0.15, -0.1) is 12.4 Å². The largest absolute Gasteiger partial charge is 0.492 e. The fourth-order valence-electron chi connectivity index (χ4n) is 2.27. The summed E-state index contributed by atoms with van der Waals surface area (Å²) in [5, 5.41) is 0. The summed E-state index contributed by atoms with van der Waals surface area (Å²) >= 11 is 0. The predicted molar refractivity (Wildman–Crippen MR) is 95.0 cm³/mol. The van der Waals surface area contributed by atoms with Crippen molar-refractivity contribution < 1.29 is 13.9 Å². The first-order valence-corrected chi connectivity index (χ1v) is 7.50. The van der Waals surface area contributed by atoms with E-state index < -0.39 is 0 Å². The van der Waals surface area contributed by atoms with Gasteiger partial charge < -0.3 is 15.4 Å². The normalized spacial score (nSPS) is 11.3. The van der Waals surface area contributed by atoms with Crippen molar-refractivity contribution in [1.82, 2.24) is 4.90 Å². The predicted octanol–water partition coefficient (Wildman–Crippen LogP) is 2.83. The average molecular weight is 353 g/mol. The first kappa shape index (κ1) is 19.9. The van der Waals surface area contributed by atoms with E-state index in [1.165, 1.54) is 12.1 Å². The highest BCUT2D eigenvalue weighted by atomic mass is 35.5. The van der Waals surface area contributed by atoms with Gasteiger partial charge in [0.05, 0.1) is 12.5 Å². The minimum atomic E-state index is -0.355. The van der Waals surface area contributed by atoms with Crippen LogP contribution in [0.25, 0.3) is 0 Å². The van der Waals surface area contributed by atoms with Gasteiger partial charge in [-0.25, -0.2) is 4.39 Å². The second-order valence-electron chi connectivity index (χ2n) is 5.26. The van der Waals surface area contributed by atoms with E-state index in [4.69, 9.17) is 10.5 Å². The molecule has 24 heavy (non-hydrogen) atoms. The van der Waals surface area contributed by atoms with Crippen molar-refractivity contribution >= 4 is 18.3 Å². The van der Waals surface area contributed by atoms with Crippen molar-refractivity contribution in [3.63, 3.8) is 0 Å². The molecule has 130 valence electrons. The summed E-state index contributed by atoms with van der Waals surface area (Å²) in [5.74, 6) is -0.127. The molecule has 0 aliphatic heterocycles. The van der Waals surface area contributed by atoms with Crippen LogP contribution < -0.4 is 10.5 Å². The maximum absolute atomic E-state index is 12.8. The molecule has 1 amide bonds. The monoisotopic (exact) mass is 352 g/mol. The van der Waals surface area contributed by atoms with Gasteiger partial charge in [0, 0.05) is 13.6 Å². The Bertz CT molecular complexity index is 623. The minimum absolute atomic E-state index is 0. The SMILES string of the molecule is CN(CCOc1ccc(F)cc1)C(=O)C(CN)c1ccccc1.Cl. The summed E-state index contributed by atoms with van der Waals surface area (Å²) in [6, 6.07) is 15.3. The molecule has 0 saturated heterocycles. The first-order chi connectivity index (χ1) is 11.1. The van der Waals surface area contributed by atoms with Crippen LogP contribution in [0.15, 0.2) is 54.6 Å². The lowest BCUT2D eigenvalue weighted by atomic mass is 9.98. The van der Waals surface area contributed by atoms with Gasteiger partial charge in [-0.3, -0.25) is 4.79 Å². The molecule has 0 heterocycles. The molecule has 0 radical (unpaired) electrons. The summed E-state index contributed by atoms with van der Waals surface area (Å²) in [6.07, 6.45) is 0.